The van der Waals surface area contributed by atoms with Crippen LogP contribution in [0, 0.1) is 12.3 Å². The predicted molar refractivity (Wildman–Crippen MR) is 58.7 cm³/mol. The number of methoxy groups -OCH3 is 1. The predicted octanol–water partition coefficient (Wildman–Crippen LogP) is 0.416. The fraction of sp³-hybridized carbons (Fsp3) is 0.750. The van der Waals surface area contributed by atoms with Crippen molar-refractivity contribution in [3.05, 3.63) is 0 Å². The van der Waals surface area contributed by atoms with Gasteiger partial charge in [0.15, 0.2) is 0 Å². The molecule has 2 atom stereocenters. The van der Waals surface area contributed by atoms with E-state index in [4.69, 9.17) is 15.9 Å². The van der Waals surface area contributed by atoms with Crippen LogP contribution in [0.3, 0.4) is 0 Å². The number of nitrogens with zero attached hydrogens (tertiary/aromatic N) is 1. The first-order valence-corrected chi connectivity index (χ1v) is 5.61. The summed E-state index contributed by atoms with van der Waals surface area (Å²) >= 11 is 0. The minimum absolute atomic E-state index is 0.0652. The van der Waals surface area contributed by atoms with Gasteiger partial charge in [-0.05, 0) is 19.4 Å². The van der Waals surface area contributed by atoms with Crippen molar-refractivity contribution in [1.82, 2.24) is 4.90 Å². The van der Waals surface area contributed by atoms with Crippen LogP contribution in [0.2, 0.25) is 0 Å². The molecule has 0 bridgehead atoms. The molecule has 2 aliphatic heterocycles. The highest BCUT2D eigenvalue weighted by molar-refractivity contribution is 5.81. The summed E-state index contributed by atoms with van der Waals surface area (Å²) in [6.07, 6.45) is 7.86. The van der Waals surface area contributed by atoms with Gasteiger partial charge in [-0.25, -0.2) is 0 Å². The van der Waals surface area contributed by atoms with Crippen molar-refractivity contribution in [2.45, 2.75) is 30.9 Å². The standard InChI is InChI=1S/C12H17NO3/c1-3-7-16-10-8-12(11(14)15-2)5-4-6-13(12)9-10/h1,10H,4-9H2,2H3/t10-,12+/m0/s1. The molecule has 0 unspecified atom stereocenters. The summed E-state index contributed by atoms with van der Waals surface area (Å²) in [4.78, 5) is 14.1. The summed E-state index contributed by atoms with van der Waals surface area (Å²) in [5, 5.41) is 0. The molecule has 2 aliphatic rings. The second-order valence-electron chi connectivity index (χ2n) is 4.41. The Morgan fingerprint density at radius 2 is 2.50 bits per heavy atom. The Morgan fingerprint density at radius 3 is 3.19 bits per heavy atom. The van der Waals surface area contributed by atoms with Crippen molar-refractivity contribution < 1.29 is 14.3 Å². The highest BCUT2D eigenvalue weighted by Gasteiger charge is 2.54. The van der Waals surface area contributed by atoms with E-state index in [9.17, 15) is 4.79 Å². The first-order chi connectivity index (χ1) is 7.73. The Morgan fingerprint density at radius 1 is 1.69 bits per heavy atom. The SMILES string of the molecule is C#CCO[C@@H]1CN2CCC[C@]2(C(=O)OC)C1. The van der Waals surface area contributed by atoms with E-state index >= 15 is 0 Å². The maximum atomic E-state index is 11.9. The first-order valence-electron chi connectivity index (χ1n) is 5.61. The zero-order chi connectivity index (χ0) is 11.6. The quantitative estimate of drug-likeness (QED) is 0.513. The average Bonchev–Trinajstić information content (AvgIpc) is 2.82. The minimum Gasteiger partial charge on any atom is -0.468 e. The average molecular weight is 223 g/mol. The van der Waals surface area contributed by atoms with Gasteiger partial charge in [-0.15, -0.1) is 6.42 Å². The van der Waals surface area contributed by atoms with Crippen molar-refractivity contribution >= 4 is 5.97 Å². The third kappa shape index (κ3) is 1.70. The Balaban J connectivity index is 2.06. The number of ether oxygens (including phenoxy) is 2. The topological polar surface area (TPSA) is 38.8 Å². The second kappa shape index (κ2) is 4.44. The Kier molecular flexibility index (Phi) is 3.17. The molecule has 0 aliphatic carbocycles. The lowest BCUT2D eigenvalue weighted by atomic mass is 9.93. The summed E-state index contributed by atoms with van der Waals surface area (Å²) in [5.41, 5.74) is -0.436. The molecule has 2 rings (SSSR count). The van der Waals surface area contributed by atoms with Crippen molar-refractivity contribution in [3.8, 4) is 12.3 Å². The zero-order valence-corrected chi connectivity index (χ0v) is 9.57. The molecule has 2 fully saturated rings. The van der Waals surface area contributed by atoms with Crippen molar-refractivity contribution in [2.24, 2.45) is 0 Å². The molecule has 4 heteroatoms. The second-order valence-corrected chi connectivity index (χ2v) is 4.41. The number of fused-ring (bicyclic) bond motifs is 1. The number of terminal acetylenes is 1. The molecule has 4 nitrogen and oxygen atoms in total. The van der Waals surface area contributed by atoms with E-state index in [1.54, 1.807) is 0 Å². The molecule has 0 amide bonds. The van der Waals surface area contributed by atoms with Gasteiger partial charge in [-0.2, -0.15) is 0 Å². The molecule has 0 radical (unpaired) electrons. The van der Waals surface area contributed by atoms with E-state index < -0.39 is 5.54 Å². The van der Waals surface area contributed by atoms with Gasteiger partial charge in [0.05, 0.1) is 13.2 Å². The maximum Gasteiger partial charge on any atom is 0.326 e. The highest BCUT2D eigenvalue weighted by Crippen LogP contribution is 2.40. The summed E-state index contributed by atoms with van der Waals surface area (Å²) < 4.78 is 10.4. The Hall–Kier alpha value is -1.05. The molecule has 88 valence electrons. The van der Waals surface area contributed by atoms with E-state index in [-0.39, 0.29) is 12.1 Å². The minimum atomic E-state index is -0.436. The van der Waals surface area contributed by atoms with Crippen LogP contribution < -0.4 is 0 Å². The van der Waals surface area contributed by atoms with Gasteiger partial charge in [0, 0.05) is 13.0 Å². The van der Waals surface area contributed by atoms with Gasteiger partial charge in [0.1, 0.15) is 12.1 Å². The van der Waals surface area contributed by atoms with E-state index in [1.807, 2.05) is 0 Å². The van der Waals surface area contributed by atoms with Crippen LogP contribution in [0.4, 0.5) is 0 Å². The zero-order valence-electron chi connectivity index (χ0n) is 9.57. The number of carbonyl (C=O) groups excluding carboxylic acids is 1. The van der Waals surface area contributed by atoms with Gasteiger partial charge in [0.25, 0.3) is 0 Å². The van der Waals surface area contributed by atoms with Gasteiger partial charge in [-0.1, -0.05) is 5.92 Å². The molecular formula is C12H17NO3. The number of hydrogen-bond donors (Lipinski definition) is 0. The van der Waals surface area contributed by atoms with E-state index in [2.05, 4.69) is 10.8 Å². The van der Waals surface area contributed by atoms with Gasteiger partial charge in [-0.3, -0.25) is 9.69 Å². The molecule has 2 heterocycles. The summed E-state index contributed by atoms with van der Waals surface area (Å²) in [5.74, 6) is 2.33. The third-order valence-electron chi connectivity index (χ3n) is 3.58. The number of esters is 1. The lowest BCUT2D eigenvalue weighted by molar-refractivity contribution is -0.151. The van der Waals surface area contributed by atoms with Crippen LogP contribution in [-0.4, -0.2) is 49.3 Å². The molecule has 2 saturated heterocycles. The molecule has 0 saturated carbocycles. The summed E-state index contributed by atoms with van der Waals surface area (Å²) in [7, 11) is 1.45. The van der Waals surface area contributed by atoms with E-state index in [0.717, 1.165) is 25.9 Å². The van der Waals surface area contributed by atoms with Crippen LogP contribution in [0.15, 0.2) is 0 Å². The van der Waals surface area contributed by atoms with E-state index in [1.165, 1.54) is 7.11 Å². The number of hydrogen-bond acceptors (Lipinski definition) is 4. The van der Waals surface area contributed by atoms with Crippen LogP contribution in [0.1, 0.15) is 19.3 Å². The molecule has 0 aromatic heterocycles. The molecule has 0 N–H and O–H groups in total. The summed E-state index contributed by atoms with van der Waals surface area (Å²) in [6.45, 7) is 2.05. The molecule has 16 heavy (non-hydrogen) atoms. The number of carbonyl (C=O) groups is 1. The van der Waals surface area contributed by atoms with Crippen molar-refractivity contribution in [3.63, 3.8) is 0 Å². The molecule has 0 spiro atoms. The fourth-order valence-corrected chi connectivity index (χ4v) is 2.90. The maximum absolute atomic E-state index is 11.9. The first kappa shape index (κ1) is 11.4. The van der Waals surface area contributed by atoms with Crippen molar-refractivity contribution in [2.75, 3.05) is 26.8 Å². The highest BCUT2D eigenvalue weighted by atomic mass is 16.5. The van der Waals surface area contributed by atoms with Gasteiger partial charge >= 0.3 is 5.97 Å². The van der Waals surface area contributed by atoms with Gasteiger partial charge < -0.3 is 9.47 Å². The van der Waals surface area contributed by atoms with Crippen molar-refractivity contribution in [1.29, 1.82) is 0 Å². The largest absolute Gasteiger partial charge is 0.468 e. The van der Waals surface area contributed by atoms with Crippen LogP contribution in [0.25, 0.3) is 0 Å². The normalized spacial score (nSPS) is 33.4. The van der Waals surface area contributed by atoms with Crippen LogP contribution in [0.5, 0.6) is 0 Å². The molecule has 0 aromatic carbocycles. The summed E-state index contributed by atoms with van der Waals surface area (Å²) in [6, 6.07) is 0. The lowest BCUT2D eigenvalue weighted by Gasteiger charge is -2.27. The Bertz CT molecular complexity index is 323. The lowest BCUT2D eigenvalue weighted by Crippen LogP contribution is -2.46. The van der Waals surface area contributed by atoms with Crippen LogP contribution >= 0.6 is 0 Å². The Labute approximate surface area is 95.9 Å². The smallest absolute Gasteiger partial charge is 0.326 e. The third-order valence-corrected chi connectivity index (χ3v) is 3.58. The molecular weight excluding hydrogens is 206 g/mol. The monoisotopic (exact) mass is 223 g/mol. The molecule has 0 aromatic rings. The van der Waals surface area contributed by atoms with Crippen LogP contribution in [-0.2, 0) is 14.3 Å². The van der Waals surface area contributed by atoms with E-state index in [0.29, 0.717) is 13.0 Å². The van der Waals surface area contributed by atoms with Gasteiger partial charge in [0.2, 0.25) is 0 Å². The fourth-order valence-electron chi connectivity index (χ4n) is 2.90. The number of rotatable bonds is 3.